The van der Waals surface area contributed by atoms with E-state index in [4.69, 9.17) is 15.2 Å². The molecule has 1 heterocycles. The van der Waals surface area contributed by atoms with E-state index in [2.05, 4.69) is 26.0 Å². The number of hydrogen-bond donors (Lipinski definition) is 1. The van der Waals surface area contributed by atoms with Crippen molar-refractivity contribution in [3.63, 3.8) is 0 Å². The van der Waals surface area contributed by atoms with E-state index in [0.717, 1.165) is 10.0 Å². The van der Waals surface area contributed by atoms with Crippen molar-refractivity contribution in [1.29, 1.82) is 0 Å². The second-order valence-electron chi connectivity index (χ2n) is 3.92. The number of halogens is 1. The van der Waals surface area contributed by atoms with Crippen LogP contribution in [-0.4, -0.2) is 27.8 Å². The fourth-order valence-corrected chi connectivity index (χ4v) is 1.99. The van der Waals surface area contributed by atoms with Gasteiger partial charge in [0.1, 0.15) is 25.2 Å². The molecule has 0 atom stereocenters. The van der Waals surface area contributed by atoms with Gasteiger partial charge in [0.25, 0.3) is 0 Å². The molecule has 0 spiro atoms. The number of nitrogen functional groups attached to an aromatic ring is 1. The molecular formula is C12H13BrN4O3. The lowest BCUT2D eigenvalue weighted by Crippen LogP contribution is -2.14. The van der Waals surface area contributed by atoms with Gasteiger partial charge in [-0.2, -0.15) is 0 Å². The first-order chi connectivity index (χ1) is 9.58. The molecule has 0 radical (unpaired) electrons. The average molecular weight is 341 g/mol. The van der Waals surface area contributed by atoms with E-state index in [0.29, 0.717) is 5.75 Å². The summed E-state index contributed by atoms with van der Waals surface area (Å²) < 4.78 is 12.6. The standard InChI is InChI=1S/C12H13BrN4O3/c1-19-10-3-2-9(13)4-8(10)6-20-11(18)5-17-7-15-12(14)16-17/h2-4,7H,5-6H2,1H3,(H2,14,16). The molecular weight excluding hydrogens is 328 g/mol. The maximum atomic E-state index is 11.7. The monoisotopic (exact) mass is 340 g/mol. The van der Waals surface area contributed by atoms with Crippen LogP contribution in [0.5, 0.6) is 5.75 Å². The molecule has 0 unspecified atom stereocenters. The number of ether oxygens (including phenoxy) is 2. The molecule has 2 aromatic rings. The molecule has 1 aromatic carbocycles. The van der Waals surface area contributed by atoms with Crippen LogP contribution >= 0.6 is 15.9 Å². The van der Waals surface area contributed by atoms with Crippen LogP contribution in [0, 0.1) is 0 Å². The molecule has 0 saturated heterocycles. The molecule has 0 aliphatic rings. The maximum absolute atomic E-state index is 11.7. The van der Waals surface area contributed by atoms with E-state index in [1.165, 1.54) is 11.0 Å². The summed E-state index contributed by atoms with van der Waals surface area (Å²) in [6.45, 7) is 0.0755. The zero-order valence-electron chi connectivity index (χ0n) is 10.7. The molecule has 0 aliphatic heterocycles. The maximum Gasteiger partial charge on any atom is 0.328 e. The molecule has 7 nitrogen and oxygen atoms in total. The first kappa shape index (κ1) is 14.3. The number of carbonyl (C=O) groups excluding carboxylic acids is 1. The number of nitrogens with two attached hydrogens (primary N) is 1. The van der Waals surface area contributed by atoms with Crippen molar-refractivity contribution in [3.05, 3.63) is 34.6 Å². The molecule has 0 aliphatic carbocycles. The lowest BCUT2D eigenvalue weighted by molar-refractivity contribution is -0.145. The van der Waals surface area contributed by atoms with Crippen molar-refractivity contribution >= 4 is 27.8 Å². The Morgan fingerprint density at radius 2 is 2.30 bits per heavy atom. The SMILES string of the molecule is COc1ccc(Br)cc1COC(=O)Cn1cnc(N)n1. The minimum atomic E-state index is -0.433. The van der Waals surface area contributed by atoms with Crippen molar-refractivity contribution in [2.75, 3.05) is 12.8 Å². The van der Waals surface area contributed by atoms with E-state index in [1.807, 2.05) is 12.1 Å². The number of carbonyl (C=O) groups is 1. The quantitative estimate of drug-likeness (QED) is 0.826. The van der Waals surface area contributed by atoms with Gasteiger partial charge in [0.2, 0.25) is 5.95 Å². The predicted molar refractivity (Wildman–Crippen MR) is 74.9 cm³/mol. The second kappa shape index (κ2) is 6.38. The molecule has 0 fully saturated rings. The van der Waals surface area contributed by atoms with Crippen LogP contribution < -0.4 is 10.5 Å². The summed E-state index contributed by atoms with van der Waals surface area (Å²) in [5.41, 5.74) is 6.13. The Morgan fingerprint density at radius 3 is 2.95 bits per heavy atom. The number of methoxy groups -OCH3 is 1. The van der Waals surface area contributed by atoms with Crippen molar-refractivity contribution < 1.29 is 14.3 Å². The number of esters is 1. The molecule has 1 aromatic heterocycles. The summed E-state index contributed by atoms with van der Waals surface area (Å²) in [6.07, 6.45) is 1.37. The number of aromatic nitrogens is 3. The van der Waals surface area contributed by atoms with Crippen molar-refractivity contribution in [1.82, 2.24) is 14.8 Å². The highest BCUT2D eigenvalue weighted by Crippen LogP contribution is 2.23. The van der Waals surface area contributed by atoms with Crippen molar-refractivity contribution in [3.8, 4) is 5.75 Å². The van der Waals surface area contributed by atoms with Crippen LogP contribution in [-0.2, 0) is 22.7 Å². The highest BCUT2D eigenvalue weighted by atomic mass is 79.9. The van der Waals surface area contributed by atoms with E-state index in [-0.39, 0.29) is 19.1 Å². The lowest BCUT2D eigenvalue weighted by Gasteiger charge is -2.09. The summed E-state index contributed by atoms with van der Waals surface area (Å²) in [7, 11) is 1.56. The van der Waals surface area contributed by atoms with Crippen LogP contribution in [0.1, 0.15) is 5.56 Å². The number of anilines is 1. The highest BCUT2D eigenvalue weighted by molar-refractivity contribution is 9.10. The average Bonchev–Trinajstić information content (AvgIpc) is 2.82. The summed E-state index contributed by atoms with van der Waals surface area (Å²) in [5, 5.41) is 3.80. The van der Waals surface area contributed by atoms with Crippen LogP contribution in [0.3, 0.4) is 0 Å². The Morgan fingerprint density at radius 1 is 1.50 bits per heavy atom. The summed E-state index contributed by atoms with van der Waals surface area (Å²) in [6, 6.07) is 5.48. The molecule has 20 heavy (non-hydrogen) atoms. The third-order valence-corrected chi connectivity index (χ3v) is 2.97. The Labute approximate surface area is 123 Å². The number of hydrogen-bond acceptors (Lipinski definition) is 6. The van der Waals surface area contributed by atoms with E-state index in [9.17, 15) is 4.79 Å². The van der Waals surface area contributed by atoms with Gasteiger partial charge in [-0.15, -0.1) is 5.10 Å². The van der Waals surface area contributed by atoms with Crippen LogP contribution in [0.15, 0.2) is 29.0 Å². The molecule has 0 saturated carbocycles. The van der Waals surface area contributed by atoms with Crippen molar-refractivity contribution in [2.24, 2.45) is 0 Å². The number of rotatable bonds is 5. The Bertz CT molecular complexity index is 614. The van der Waals surface area contributed by atoms with Gasteiger partial charge in [-0.3, -0.25) is 4.79 Å². The van der Waals surface area contributed by atoms with Gasteiger partial charge in [-0.25, -0.2) is 9.67 Å². The zero-order valence-corrected chi connectivity index (χ0v) is 12.3. The van der Waals surface area contributed by atoms with Crippen LogP contribution in [0.4, 0.5) is 5.95 Å². The highest BCUT2D eigenvalue weighted by Gasteiger charge is 2.09. The molecule has 106 valence electrons. The molecule has 8 heteroatoms. The minimum absolute atomic E-state index is 0.0412. The fraction of sp³-hybridized carbons (Fsp3) is 0.250. The molecule has 0 amide bonds. The second-order valence-corrected chi connectivity index (χ2v) is 4.83. The molecule has 2 rings (SSSR count). The predicted octanol–water partition coefficient (Wildman–Crippen LogP) is 1.37. The number of nitrogens with zero attached hydrogens (tertiary/aromatic N) is 3. The van der Waals surface area contributed by atoms with E-state index >= 15 is 0 Å². The zero-order chi connectivity index (χ0) is 14.5. The first-order valence-electron chi connectivity index (χ1n) is 5.71. The van der Waals surface area contributed by atoms with Gasteiger partial charge in [0.05, 0.1) is 7.11 Å². The van der Waals surface area contributed by atoms with E-state index in [1.54, 1.807) is 13.2 Å². The normalized spacial score (nSPS) is 10.3. The first-order valence-corrected chi connectivity index (χ1v) is 6.50. The fourth-order valence-electron chi connectivity index (χ4n) is 1.58. The van der Waals surface area contributed by atoms with Gasteiger partial charge >= 0.3 is 5.97 Å². The third-order valence-electron chi connectivity index (χ3n) is 2.48. The van der Waals surface area contributed by atoms with Gasteiger partial charge in [0, 0.05) is 10.0 Å². The summed E-state index contributed by atoms with van der Waals surface area (Å²) >= 11 is 3.36. The van der Waals surface area contributed by atoms with Crippen molar-refractivity contribution in [2.45, 2.75) is 13.2 Å². The Kier molecular flexibility index (Phi) is 4.57. The Balaban J connectivity index is 1.94. The van der Waals surface area contributed by atoms with Gasteiger partial charge in [-0.1, -0.05) is 15.9 Å². The minimum Gasteiger partial charge on any atom is -0.496 e. The Hall–Kier alpha value is -2.09. The van der Waals surface area contributed by atoms with Gasteiger partial charge < -0.3 is 15.2 Å². The van der Waals surface area contributed by atoms with Crippen LogP contribution in [0.25, 0.3) is 0 Å². The van der Waals surface area contributed by atoms with Gasteiger partial charge in [-0.05, 0) is 18.2 Å². The molecule has 0 bridgehead atoms. The summed E-state index contributed by atoms with van der Waals surface area (Å²) in [4.78, 5) is 15.4. The lowest BCUT2D eigenvalue weighted by atomic mass is 10.2. The summed E-state index contributed by atoms with van der Waals surface area (Å²) in [5.74, 6) is 0.342. The molecule has 2 N–H and O–H groups in total. The largest absolute Gasteiger partial charge is 0.496 e. The smallest absolute Gasteiger partial charge is 0.328 e. The van der Waals surface area contributed by atoms with Crippen LogP contribution in [0.2, 0.25) is 0 Å². The topological polar surface area (TPSA) is 92.3 Å². The number of benzene rings is 1. The third kappa shape index (κ3) is 3.70. The van der Waals surface area contributed by atoms with Gasteiger partial charge in [0.15, 0.2) is 0 Å². The van der Waals surface area contributed by atoms with E-state index < -0.39 is 5.97 Å².